The third-order valence-electron chi connectivity index (χ3n) is 5.16. The maximum atomic E-state index is 12.4. The van der Waals surface area contributed by atoms with E-state index >= 15 is 0 Å². The molecule has 150 valence electrons. The van der Waals surface area contributed by atoms with Crippen LogP contribution in [0.2, 0.25) is 0 Å². The van der Waals surface area contributed by atoms with Gasteiger partial charge in [0.25, 0.3) is 5.91 Å². The number of aromatic nitrogens is 1. The van der Waals surface area contributed by atoms with E-state index in [-0.39, 0.29) is 18.9 Å². The van der Waals surface area contributed by atoms with E-state index in [0.717, 1.165) is 19.3 Å². The number of nitrogens with zero attached hydrogens (tertiary/aromatic N) is 1. The number of carbonyl (C=O) groups is 2. The highest BCUT2D eigenvalue weighted by molar-refractivity contribution is 5.95. The van der Waals surface area contributed by atoms with Gasteiger partial charge in [0.2, 0.25) is 0 Å². The van der Waals surface area contributed by atoms with Crippen molar-refractivity contribution in [2.24, 2.45) is 0 Å². The number of amides is 1. The molecule has 7 nitrogen and oxygen atoms in total. The van der Waals surface area contributed by atoms with E-state index in [1.807, 2.05) is 18.2 Å². The summed E-state index contributed by atoms with van der Waals surface area (Å²) in [5, 5.41) is 2.79. The highest BCUT2D eigenvalue weighted by Crippen LogP contribution is 2.25. The number of fused-ring (bicyclic) bond motifs is 2. The standard InChI is InChI=1S/C22H22N2O5/c1-14(21(26)23-17-10-9-15-5-4-6-16(15)13-17)28-20(25)11-12-24-18-7-2-3-8-19(18)29-22(24)27/h2-3,7-10,13-14H,4-6,11-12H2,1H3,(H,23,26)/t14-/m1/s1. The number of hydrogen-bond donors (Lipinski definition) is 1. The maximum absolute atomic E-state index is 12.4. The van der Waals surface area contributed by atoms with E-state index in [9.17, 15) is 14.4 Å². The van der Waals surface area contributed by atoms with Crippen molar-refractivity contribution in [3.8, 4) is 0 Å². The summed E-state index contributed by atoms with van der Waals surface area (Å²) in [6.45, 7) is 1.65. The quantitative estimate of drug-likeness (QED) is 0.649. The van der Waals surface area contributed by atoms with Crippen LogP contribution in [0, 0.1) is 0 Å². The van der Waals surface area contributed by atoms with Crippen LogP contribution in [0.1, 0.15) is 30.9 Å². The Kier molecular flexibility index (Phi) is 5.20. The van der Waals surface area contributed by atoms with E-state index in [1.54, 1.807) is 24.3 Å². The molecule has 0 unspecified atom stereocenters. The lowest BCUT2D eigenvalue weighted by atomic mass is 10.1. The summed E-state index contributed by atoms with van der Waals surface area (Å²) in [6, 6.07) is 12.9. The van der Waals surface area contributed by atoms with E-state index < -0.39 is 17.8 Å². The average molecular weight is 394 g/mol. The number of hydrogen-bond acceptors (Lipinski definition) is 5. The second-order valence-corrected chi connectivity index (χ2v) is 7.20. The van der Waals surface area contributed by atoms with E-state index in [0.29, 0.717) is 16.8 Å². The number of para-hydroxylation sites is 2. The maximum Gasteiger partial charge on any atom is 0.419 e. The molecule has 0 aliphatic heterocycles. The van der Waals surface area contributed by atoms with Crippen LogP contribution < -0.4 is 11.1 Å². The predicted molar refractivity (Wildman–Crippen MR) is 108 cm³/mol. The first-order valence-electron chi connectivity index (χ1n) is 9.72. The molecule has 0 saturated heterocycles. The van der Waals surface area contributed by atoms with Crippen molar-refractivity contribution in [2.75, 3.05) is 5.32 Å². The molecular weight excluding hydrogens is 372 g/mol. The van der Waals surface area contributed by atoms with Crippen molar-refractivity contribution in [1.29, 1.82) is 0 Å². The van der Waals surface area contributed by atoms with Gasteiger partial charge in [-0.2, -0.15) is 0 Å². The molecule has 3 aromatic rings. The smallest absolute Gasteiger partial charge is 0.419 e. The van der Waals surface area contributed by atoms with Crippen molar-refractivity contribution in [3.05, 3.63) is 64.1 Å². The number of benzene rings is 2. The molecule has 0 bridgehead atoms. The number of oxazole rings is 1. The Balaban J connectivity index is 1.32. The van der Waals surface area contributed by atoms with Crippen LogP contribution in [-0.2, 0) is 33.7 Å². The number of esters is 1. The highest BCUT2D eigenvalue weighted by Gasteiger charge is 2.20. The molecule has 0 radical (unpaired) electrons. The second-order valence-electron chi connectivity index (χ2n) is 7.20. The first kappa shape index (κ1) is 19.0. The first-order chi connectivity index (χ1) is 14.0. The van der Waals surface area contributed by atoms with Gasteiger partial charge < -0.3 is 14.5 Å². The number of ether oxygens (including phenoxy) is 1. The van der Waals surface area contributed by atoms with Crippen LogP contribution in [0.5, 0.6) is 0 Å². The number of anilines is 1. The molecule has 1 amide bonds. The number of rotatable bonds is 6. The summed E-state index contributed by atoms with van der Waals surface area (Å²) >= 11 is 0. The Morgan fingerprint density at radius 1 is 1.17 bits per heavy atom. The minimum Gasteiger partial charge on any atom is -0.452 e. The van der Waals surface area contributed by atoms with Crippen molar-refractivity contribution in [3.63, 3.8) is 0 Å². The second kappa shape index (κ2) is 7.95. The van der Waals surface area contributed by atoms with Crippen LogP contribution in [-0.4, -0.2) is 22.5 Å². The van der Waals surface area contributed by atoms with Gasteiger partial charge in [-0.3, -0.25) is 14.2 Å². The Labute approximate surface area is 167 Å². The zero-order chi connectivity index (χ0) is 20.4. The average Bonchev–Trinajstić information content (AvgIpc) is 3.29. The topological polar surface area (TPSA) is 90.5 Å². The fourth-order valence-corrected chi connectivity index (χ4v) is 3.63. The lowest BCUT2D eigenvalue weighted by Crippen LogP contribution is -2.30. The molecule has 0 saturated carbocycles. The number of aryl methyl sites for hydroxylation is 3. The molecule has 0 spiro atoms. The van der Waals surface area contributed by atoms with Crippen molar-refractivity contribution >= 4 is 28.7 Å². The van der Waals surface area contributed by atoms with Gasteiger partial charge in [-0.25, -0.2) is 4.79 Å². The molecule has 1 aromatic heterocycles. The molecule has 0 fully saturated rings. The largest absolute Gasteiger partial charge is 0.452 e. The zero-order valence-electron chi connectivity index (χ0n) is 16.1. The van der Waals surface area contributed by atoms with E-state index in [4.69, 9.17) is 9.15 Å². The summed E-state index contributed by atoms with van der Waals surface area (Å²) in [7, 11) is 0. The molecule has 4 rings (SSSR count). The molecule has 1 aliphatic carbocycles. The fraction of sp³-hybridized carbons (Fsp3) is 0.318. The molecule has 7 heteroatoms. The van der Waals surface area contributed by atoms with Crippen LogP contribution >= 0.6 is 0 Å². The summed E-state index contributed by atoms with van der Waals surface area (Å²) < 4.78 is 11.8. The van der Waals surface area contributed by atoms with Gasteiger partial charge in [-0.1, -0.05) is 18.2 Å². The van der Waals surface area contributed by atoms with Gasteiger partial charge in [-0.15, -0.1) is 0 Å². The molecule has 2 aromatic carbocycles. The van der Waals surface area contributed by atoms with Gasteiger partial charge in [0, 0.05) is 12.2 Å². The predicted octanol–water partition coefficient (Wildman–Crippen LogP) is 3.04. The Bertz CT molecular complexity index is 1130. The van der Waals surface area contributed by atoms with Gasteiger partial charge in [0.1, 0.15) is 0 Å². The Hall–Kier alpha value is -3.35. The van der Waals surface area contributed by atoms with E-state index in [2.05, 4.69) is 5.32 Å². The Morgan fingerprint density at radius 2 is 1.97 bits per heavy atom. The minimum atomic E-state index is -0.937. The molecular formula is C22H22N2O5. The lowest BCUT2D eigenvalue weighted by Gasteiger charge is -2.14. The third kappa shape index (κ3) is 4.08. The van der Waals surface area contributed by atoms with Crippen molar-refractivity contribution in [2.45, 2.75) is 45.3 Å². The zero-order valence-corrected chi connectivity index (χ0v) is 16.1. The molecule has 1 atom stereocenters. The van der Waals surface area contributed by atoms with Crippen molar-refractivity contribution < 1.29 is 18.7 Å². The van der Waals surface area contributed by atoms with E-state index in [1.165, 1.54) is 22.6 Å². The summed E-state index contributed by atoms with van der Waals surface area (Å²) in [5.74, 6) is -1.47. The summed E-state index contributed by atoms with van der Waals surface area (Å²) in [5.41, 5.74) is 4.37. The number of nitrogens with one attached hydrogen (secondary N) is 1. The molecule has 1 heterocycles. The lowest BCUT2D eigenvalue weighted by molar-refractivity contribution is -0.153. The van der Waals surface area contributed by atoms with Crippen LogP contribution in [0.3, 0.4) is 0 Å². The van der Waals surface area contributed by atoms with Gasteiger partial charge >= 0.3 is 11.7 Å². The molecule has 29 heavy (non-hydrogen) atoms. The molecule has 1 N–H and O–H groups in total. The monoisotopic (exact) mass is 394 g/mol. The Morgan fingerprint density at radius 3 is 2.83 bits per heavy atom. The van der Waals surface area contributed by atoms with Crippen LogP contribution in [0.15, 0.2) is 51.7 Å². The number of carbonyl (C=O) groups excluding carboxylic acids is 2. The molecule has 1 aliphatic rings. The van der Waals surface area contributed by atoms with Crippen LogP contribution in [0.25, 0.3) is 11.1 Å². The minimum absolute atomic E-state index is 0.0418. The normalized spacial score (nSPS) is 13.8. The SMILES string of the molecule is C[C@@H](OC(=O)CCn1c(=O)oc2ccccc21)C(=O)Nc1ccc2c(c1)CCC2. The van der Waals surface area contributed by atoms with Crippen LogP contribution in [0.4, 0.5) is 5.69 Å². The first-order valence-corrected chi connectivity index (χ1v) is 9.72. The van der Waals surface area contributed by atoms with Gasteiger partial charge in [0.05, 0.1) is 11.9 Å². The fourth-order valence-electron chi connectivity index (χ4n) is 3.63. The van der Waals surface area contributed by atoms with Crippen molar-refractivity contribution in [1.82, 2.24) is 4.57 Å². The summed E-state index contributed by atoms with van der Waals surface area (Å²) in [4.78, 5) is 36.5. The summed E-state index contributed by atoms with van der Waals surface area (Å²) in [6.07, 6.45) is 2.25. The van der Waals surface area contributed by atoms with Gasteiger partial charge in [-0.05, 0) is 61.6 Å². The van der Waals surface area contributed by atoms with Gasteiger partial charge in [0.15, 0.2) is 11.7 Å². The third-order valence-corrected chi connectivity index (χ3v) is 5.16. The highest BCUT2D eigenvalue weighted by atomic mass is 16.5.